The van der Waals surface area contributed by atoms with E-state index in [1.807, 2.05) is 6.92 Å². The highest BCUT2D eigenvalue weighted by atomic mass is 16.4. The molecule has 0 aromatic heterocycles. The van der Waals surface area contributed by atoms with Gasteiger partial charge >= 0.3 is 12.0 Å². The molecule has 0 radical (unpaired) electrons. The van der Waals surface area contributed by atoms with Crippen LogP contribution in [0.1, 0.15) is 52.9 Å². The largest absolute Gasteiger partial charge is 0.481 e. The Bertz CT molecular complexity index is 357. The van der Waals surface area contributed by atoms with E-state index in [1.165, 1.54) is 4.90 Å². The van der Waals surface area contributed by atoms with Gasteiger partial charge in [0.15, 0.2) is 0 Å². The number of aliphatic carboxylic acids is 1. The second kappa shape index (κ2) is 6.43. The van der Waals surface area contributed by atoms with Gasteiger partial charge in [0.1, 0.15) is 0 Å². The van der Waals surface area contributed by atoms with Crippen LogP contribution >= 0.6 is 0 Å². The van der Waals surface area contributed by atoms with Gasteiger partial charge in [-0.1, -0.05) is 12.8 Å². The van der Waals surface area contributed by atoms with Gasteiger partial charge in [0.2, 0.25) is 0 Å². The van der Waals surface area contributed by atoms with Crippen LogP contribution in [0, 0.1) is 0 Å². The van der Waals surface area contributed by atoms with Gasteiger partial charge in [-0.3, -0.25) is 4.79 Å². The molecule has 1 saturated carbocycles. The topological polar surface area (TPSA) is 89.9 Å². The smallest absolute Gasteiger partial charge is 0.317 e. The molecule has 1 fully saturated rings. The molecule has 0 atom stereocenters. The number of aliphatic hydroxyl groups is 1. The van der Waals surface area contributed by atoms with E-state index in [-0.39, 0.29) is 19.0 Å². The van der Waals surface area contributed by atoms with Gasteiger partial charge in [0.25, 0.3) is 0 Å². The van der Waals surface area contributed by atoms with Crippen LogP contribution in [-0.2, 0) is 4.79 Å². The standard InChI is InChI=1S/C14H26N2O4/c1-4-16(10-13(2,3)20)12(19)15-14(9-11(17)18)7-5-6-8-14/h20H,4-10H2,1-3H3,(H,15,19)(H,17,18). The zero-order valence-corrected chi connectivity index (χ0v) is 12.6. The maximum atomic E-state index is 12.3. The van der Waals surface area contributed by atoms with Gasteiger partial charge < -0.3 is 20.4 Å². The molecular formula is C14H26N2O4. The summed E-state index contributed by atoms with van der Waals surface area (Å²) in [4.78, 5) is 24.8. The van der Waals surface area contributed by atoms with E-state index in [2.05, 4.69) is 5.32 Å². The summed E-state index contributed by atoms with van der Waals surface area (Å²) in [6.07, 6.45) is 3.23. The third-order valence-electron chi connectivity index (χ3n) is 3.67. The van der Waals surface area contributed by atoms with Gasteiger partial charge in [-0.25, -0.2) is 4.79 Å². The fourth-order valence-electron chi connectivity index (χ4n) is 2.79. The van der Waals surface area contributed by atoms with E-state index in [0.717, 1.165) is 12.8 Å². The molecule has 20 heavy (non-hydrogen) atoms. The Morgan fingerprint density at radius 2 is 1.85 bits per heavy atom. The summed E-state index contributed by atoms with van der Waals surface area (Å²) in [6, 6.07) is -0.294. The van der Waals surface area contributed by atoms with Gasteiger partial charge in [-0.15, -0.1) is 0 Å². The highest BCUT2D eigenvalue weighted by molar-refractivity contribution is 5.77. The number of carbonyl (C=O) groups excluding carboxylic acids is 1. The molecule has 1 aliphatic rings. The van der Waals surface area contributed by atoms with Crippen LogP contribution in [0.25, 0.3) is 0 Å². The summed E-state index contributed by atoms with van der Waals surface area (Å²) in [7, 11) is 0. The molecule has 0 aliphatic heterocycles. The van der Waals surface area contributed by atoms with Crippen LogP contribution < -0.4 is 5.32 Å². The maximum absolute atomic E-state index is 12.3. The van der Waals surface area contributed by atoms with E-state index in [0.29, 0.717) is 19.4 Å². The molecule has 3 N–H and O–H groups in total. The Labute approximate surface area is 120 Å². The van der Waals surface area contributed by atoms with E-state index in [1.54, 1.807) is 13.8 Å². The molecular weight excluding hydrogens is 260 g/mol. The molecule has 6 nitrogen and oxygen atoms in total. The highest BCUT2D eigenvalue weighted by Crippen LogP contribution is 2.32. The molecule has 1 aliphatic carbocycles. The van der Waals surface area contributed by atoms with E-state index in [4.69, 9.17) is 5.11 Å². The number of hydrogen-bond donors (Lipinski definition) is 3. The second-order valence-electron chi connectivity index (χ2n) is 6.31. The monoisotopic (exact) mass is 286 g/mol. The number of carboxylic acids is 1. The number of likely N-dealkylation sites (N-methyl/N-ethyl adjacent to an activating group) is 1. The molecule has 116 valence electrons. The Balaban J connectivity index is 2.72. The molecule has 0 aromatic carbocycles. The number of nitrogens with one attached hydrogen (secondary N) is 1. The predicted octanol–water partition coefficient (Wildman–Crippen LogP) is 1.58. The van der Waals surface area contributed by atoms with Crippen molar-refractivity contribution in [2.75, 3.05) is 13.1 Å². The molecule has 1 rings (SSSR count). The SMILES string of the molecule is CCN(CC(C)(C)O)C(=O)NC1(CC(=O)O)CCCC1. The van der Waals surface area contributed by atoms with Gasteiger partial charge in [-0.2, -0.15) is 0 Å². The number of carboxylic acid groups (broad SMARTS) is 1. The molecule has 6 heteroatoms. The fraction of sp³-hybridized carbons (Fsp3) is 0.857. The molecule has 0 unspecified atom stereocenters. The third kappa shape index (κ3) is 5.00. The van der Waals surface area contributed by atoms with Crippen molar-refractivity contribution in [3.05, 3.63) is 0 Å². The van der Waals surface area contributed by atoms with Crippen molar-refractivity contribution >= 4 is 12.0 Å². The summed E-state index contributed by atoms with van der Waals surface area (Å²) in [6.45, 7) is 5.82. The van der Waals surface area contributed by atoms with Crippen molar-refractivity contribution in [3.8, 4) is 0 Å². The average Bonchev–Trinajstić information content (AvgIpc) is 2.71. The molecule has 0 spiro atoms. The van der Waals surface area contributed by atoms with Crippen molar-refractivity contribution in [2.45, 2.75) is 64.0 Å². The Morgan fingerprint density at radius 3 is 2.25 bits per heavy atom. The second-order valence-corrected chi connectivity index (χ2v) is 6.31. The average molecular weight is 286 g/mol. The van der Waals surface area contributed by atoms with Gasteiger partial charge in [0, 0.05) is 6.54 Å². The summed E-state index contributed by atoms with van der Waals surface area (Å²) < 4.78 is 0. The Kier molecular flexibility index (Phi) is 5.39. The first kappa shape index (κ1) is 16.8. The summed E-state index contributed by atoms with van der Waals surface area (Å²) >= 11 is 0. The fourth-order valence-corrected chi connectivity index (χ4v) is 2.79. The Morgan fingerprint density at radius 1 is 1.30 bits per heavy atom. The first-order valence-electron chi connectivity index (χ1n) is 7.19. The van der Waals surface area contributed by atoms with Crippen molar-refractivity contribution in [2.24, 2.45) is 0 Å². The minimum Gasteiger partial charge on any atom is -0.481 e. The van der Waals surface area contributed by atoms with Crippen LogP contribution in [-0.4, -0.2) is 51.3 Å². The highest BCUT2D eigenvalue weighted by Gasteiger charge is 2.38. The van der Waals surface area contributed by atoms with Crippen LogP contribution in [0.15, 0.2) is 0 Å². The summed E-state index contributed by atoms with van der Waals surface area (Å²) in [5.41, 5.74) is -1.60. The number of rotatable bonds is 6. The predicted molar refractivity (Wildman–Crippen MR) is 75.5 cm³/mol. The zero-order chi connectivity index (χ0) is 15.4. The number of urea groups is 1. The van der Waals surface area contributed by atoms with Crippen LogP contribution in [0.3, 0.4) is 0 Å². The number of nitrogens with zero attached hydrogens (tertiary/aromatic N) is 1. The maximum Gasteiger partial charge on any atom is 0.317 e. The van der Waals surface area contributed by atoms with Gasteiger partial charge in [0.05, 0.1) is 24.1 Å². The van der Waals surface area contributed by atoms with Crippen molar-refractivity contribution in [1.29, 1.82) is 0 Å². The lowest BCUT2D eigenvalue weighted by atomic mass is 9.93. The third-order valence-corrected chi connectivity index (χ3v) is 3.67. The number of carbonyl (C=O) groups is 2. The van der Waals surface area contributed by atoms with Crippen LogP contribution in [0.4, 0.5) is 4.79 Å². The van der Waals surface area contributed by atoms with Crippen molar-refractivity contribution in [3.63, 3.8) is 0 Å². The zero-order valence-electron chi connectivity index (χ0n) is 12.6. The molecule has 0 aromatic rings. The molecule has 0 bridgehead atoms. The van der Waals surface area contributed by atoms with E-state index < -0.39 is 17.1 Å². The minimum absolute atomic E-state index is 0.0428. The number of amides is 2. The normalized spacial score (nSPS) is 17.8. The van der Waals surface area contributed by atoms with Gasteiger partial charge in [-0.05, 0) is 33.6 Å². The lowest BCUT2D eigenvalue weighted by Crippen LogP contribution is -2.55. The van der Waals surface area contributed by atoms with Crippen LogP contribution in [0.5, 0.6) is 0 Å². The molecule has 0 saturated heterocycles. The lowest BCUT2D eigenvalue weighted by Gasteiger charge is -2.34. The van der Waals surface area contributed by atoms with Crippen molar-refractivity contribution in [1.82, 2.24) is 10.2 Å². The first-order chi connectivity index (χ1) is 9.17. The molecule has 0 heterocycles. The summed E-state index contributed by atoms with van der Waals surface area (Å²) in [5.74, 6) is -0.891. The van der Waals surface area contributed by atoms with E-state index >= 15 is 0 Å². The quantitative estimate of drug-likeness (QED) is 0.691. The first-order valence-corrected chi connectivity index (χ1v) is 7.19. The molecule has 2 amide bonds. The van der Waals surface area contributed by atoms with Crippen LogP contribution in [0.2, 0.25) is 0 Å². The van der Waals surface area contributed by atoms with Crippen molar-refractivity contribution < 1.29 is 19.8 Å². The number of hydrogen-bond acceptors (Lipinski definition) is 3. The lowest BCUT2D eigenvalue weighted by molar-refractivity contribution is -0.138. The summed E-state index contributed by atoms with van der Waals surface area (Å²) in [5, 5.41) is 21.7. The Hall–Kier alpha value is -1.30. The minimum atomic E-state index is -0.969. The van der Waals surface area contributed by atoms with E-state index in [9.17, 15) is 14.7 Å².